The Morgan fingerprint density at radius 1 is 1.20 bits per heavy atom. The molecular formula is C17H23N3O4S. The van der Waals surface area contributed by atoms with Gasteiger partial charge in [-0.3, -0.25) is 4.79 Å². The second-order valence-corrected chi connectivity index (χ2v) is 8.82. The van der Waals surface area contributed by atoms with Gasteiger partial charge in [0, 0.05) is 25.7 Å². The number of urea groups is 1. The molecule has 3 amide bonds. The smallest absolute Gasteiger partial charge is 0.318 e. The number of sulfone groups is 1. The molecule has 0 unspecified atom stereocenters. The summed E-state index contributed by atoms with van der Waals surface area (Å²) in [6.07, 6.45) is 1.23. The van der Waals surface area contributed by atoms with Crippen molar-refractivity contribution in [1.29, 1.82) is 0 Å². The van der Waals surface area contributed by atoms with Gasteiger partial charge in [0.1, 0.15) is 6.54 Å². The topological polar surface area (TPSA) is 86.8 Å². The van der Waals surface area contributed by atoms with Crippen LogP contribution in [-0.4, -0.2) is 73.9 Å². The summed E-state index contributed by atoms with van der Waals surface area (Å²) in [5.41, 5.74) is 1.18. The molecule has 1 aromatic rings. The molecule has 0 radical (unpaired) electrons. The van der Waals surface area contributed by atoms with E-state index < -0.39 is 9.84 Å². The standard InChI is InChI=1S/C17H23N3O4S/c21-16-12-20(17(22)18-15-7-11-25(23,24)13-15)10-9-19(16)8-6-14-4-2-1-3-5-14/h1-5,15H,6-13H2,(H,18,22)/t15-/m1/s1. The maximum absolute atomic E-state index is 12.3. The lowest BCUT2D eigenvalue weighted by atomic mass is 10.1. The van der Waals surface area contributed by atoms with E-state index in [4.69, 9.17) is 0 Å². The molecule has 1 aromatic carbocycles. The molecule has 2 saturated heterocycles. The summed E-state index contributed by atoms with van der Waals surface area (Å²) in [5, 5.41) is 2.73. The van der Waals surface area contributed by atoms with Gasteiger partial charge in [-0.2, -0.15) is 0 Å². The number of nitrogens with one attached hydrogen (secondary N) is 1. The molecule has 7 nitrogen and oxygen atoms in total. The van der Waals surface area contributed by atoms with Crippen molar-refractivity contribution in [1.82, 2.24) is 15.1 Å². The third kappa shape index (κ3) is 4.72. The first kappa shape index (κ1) is 17.7. The van der Waals surface area contributed by atoms with Gasteiger partial charge < -0.3 is 15.1 Å². The van der Waals surface area contributed by atoms with Crippen molar-refractivity contribution >= 4 is 21.8 Å². The number of amides is 3. The Kier molecular flexibility index (Phi) is 5.27. The lowest BCUT2D eigenvalue weighted by Gasteiger charge is -2.34. The van der Waals surface area contributed by atoms with Crippen LogP contribution in [0.4, 0.5) is 4.79 Å². The molecule has 2 heterocycles. The van der Waals surface area contributed by atoms with Crippen LogP contribution in [0.1, 0.15) is 12.0 Å². The highest BCUT2D eigenvalue weighted by molar-refractivity contribution is 7.91. The van der Waals surface area contributed by atoms with Crippen molar-refractivity contribution in [3.8, 4) is 0 Å². The van der Waals surface area contributed by atoms with Crippen molar-refractivity contribution < 1.29 is 18.0 Å². The van der Waals surface area contributed by atoms with E-state index in [1.54, 1.807) is 4.90 Å². The first-order valence-corrected chi connectivity index (χ1v) is 10.3. The van der Waals surface area contributed by atoms with Crippen LogP contribution in [0, 0.1) is 0 Å². The Morgan fingerprint density at radius 2 is 1.96 bits per heavy atom. The average Bonchev–Trinajstić information content (AvgIpc) is 2.93. The number of hydrogen-bond acceptors (Lipinski definition) is 4. The van der Waals surface area contributed by atoms with Crippen LogP contribution in [0.2, 0.25) is 0 Å². The zero-order chi connectivity index (χ0) is 17.9. The highest BCUT2D eigenvalue weighted by Gasteiger charge is 2.32. The molecule has 1 N–H and O–H groups in total. The molecule has 1 atom stereocenters. The van der Waals surface area contributed by atoms with Crippen LogP contribution < -0.4 is 5.32 Å². The third-order valence-corrected chi connectivity index (χ3v) is 6.45. The van der Waals surface area contributed by atoms with Gasteiger partial charge in [-0.15, -0.1) is 0 Å². The van der Waals surface area contributed by atoms with Gasteiger partial charge in [0.2, 0.25) is 5.91 Å². The molecule has 3 rings (SSSR count). The Labute approximate surface area is 147 Å². The minimum atomic E-state index is -3.03. The fourth-order valence-corrected chi connectivity index (χ4v) is 4.88. The quantitative estimate of drug-likeness (QED) is 0.830. The summed E-state index contributed by atoms with van der Waals surface area (Å²) >= 11 is 0. The molecule has 0 bridgehead atoms. The molecule has 2 aliphatic heterocycles. The second-order valence-electron chi connectivity index (χ2n) is 6.59. The largest absolute Gasteiger partial charge is 0.339 e. The number of hydrogen-bond donors (Lipinski definition) is 1. The average molecular weight is 365 g/mol. The minimum Gasteiger partial charge on any atom is -0.339 e. The predicted molar refractivity (Wildman–Crippen MR) is 93.9 cm³/mol. The lowest BCUT2D eigenvalue weighted by molar-refractivity contribution is -0.134. The molecule has 2 aliphatic rings. The lowest BCUT2D eigenvalue weighted by Crippen LogP contribution is -2.56. The van der Waals surface area contributed by atoms with E-state index in [1.807, 2.05) is 30.3 Å². The van der Waals surface area contributed by atoms with Crippen molar-refractivity contribution in [3.05, 3.63) is 35.9 Å². The van der Waals surface area contributed by atoms with Crippen molar-refractivity contribution in [2.75, 3.05) is 37.7 Å². The summed E-state index contributed by atoms with van der Waals surface area (Å²) in [4.78, 5) is 27.8. The van der Waals surface area contributed by atoms with E-state index >= 15 is 0 Å². The molecule has 8 heteroatoms. The molecule has 0 saturated carbocycles. The number of piperazine rings is 1. The van der Waals surface area contributed by atoms with E-state index in [1.165, 1.54) is 10.5 Å². The van der Waals surface area contributed by atoms with E-state index in [-0.39, 0.29) is 36.0 Å². The molecule has 25 heavy (non-hydrogen) atoms. The first-order chi connectivity index (χ1) is 11.9. The van der Waals surface area contributed by atoms with Gasteiger partial charge >= 0.3 is 6.03 Å². The van der Waals surface area contributed by atoms with Crippen molar-refractivity contribution in [2.45, 2.75) is 18.9 Å². The summed E-state index contributed by atoms with van der Waals surface area (Å²) in [6.45, 7) is 1.65. The summed E-state index contributed by atoms with van der Waals surface area (Å²) < 4.78 is 22.9. The maximum Gasteiger partial charge on any atom is 0.318 e. The first-order valence-electron chi connectivity index (χ1n) is 8.50. The predicted octanol–water partition coefficient (Wildman–Crippen LogP) is 0.270. The van der Waals surface area contributed by atoms with Gasteiger partial charge in [-0.05, 0) is 18.4 Å². The number of benzene rings is 1. The summed E-state index contributed by atoms with van der Waals surface area (Å²) in [7, 11) is -3.03. The van der Waals surface area contributed by atoms with Crippen LogP contribution in [-0.2, 0) is 21.1 Å². The summed E-state index contributed by atoms with van der Waals surface area (Å²) in [5.74, 6) is 0.0322. The molecule has 136 valence electrons. The van der Waals surface area contributed by atoms with Crippen LogP contribution >= 0.6 is 0 Å². The third-order valence-electron chi connectivity index (χ3n) is 4.68. The van der Waals surface area contributed by atoms with Crippen molar-refractivity contribution in [2.24, 2.45) is 0 Å². The molecular weight excluding hydrogens is 342 g/mol. The number of carbonyl (C=O) groups is 2. The Hall–Kier alpha value is -2.09. The summed E-state index contributed by atoms with van der Waals surface area (Å²) in [6, 6.07) is 9.28. The Balaban J connectivity index is 1.46. The zero-order valence-electron chi connectivity index (χ0n) is 14.1. The Bertz CT molecular complexity index is 736. The highest BCUT2D eigenvalue weighted by atomic mass is 32.2. The van der Waals surface area contributed by atoms with E-state index in [0.717, 1.165) is 6.42 Å². The van der Waals surface area contributed by atoms with E-state index in [2.05, 4.69) is 5.32 Å². The van der Waals surface area contributed by atoms with Gasteiger partial charge in [-0.1, -0.05) is 30.3 Å². The molecule has 2 fully saturated rings. The van der Waals surface area contributed by atoms with Gasteiger partial charge in [-0.25, -0.2) is 13.2 Å². The van der Waals surface area contributed by atoms with Crippen LogP contribution in [0.3, 0.4) is 0 Å². The van der Waals surface area contributed by atoms with Crippen LogP contribution in [0.15, 0.2) is 30.3 Å². The molecule has 0 aliphatic carbocycles. The zero-order valence-corrected chi connectivity index (χ0v) is 14.9. The van der Waals surface area contributed by atoms with Gasteiger partial charge in [0.05, 0.1) is 11.5 Å². The highest BCUT2D eigenvalue weighted by Crippen LogP contribution is 2.12. The monoisotopic (exact) mass is 365 g/mol. The van der Waals surface area contributed by atoms with Gasteiger partial charge in [0.25, 0.3) is 0 Å². The Morgan fingerprint density at radius 3 is 2.60 bits per heavy atom. The van der Waals surface area contributed by atoms with E-state index in [9.17, 15) is 18.0 Å². The van der Waals surface area contributed by atoms with E-state index in [0.29, 0.717) is 26.1 Å². The second kappa shape index (κ2) is 7.43. The number of rotatable bonds is 4. The SMILES string of the molecule is O=C1CN(C(=O)N[C@@H]2CCS(=O)(=O)C2)CCN1CCc1ccccc1. The molecule has 0 spiro atoms. The minimum absolute atomic E-state index is 0.0102. The normalized spacial score (nSPS) is 22.9. The van der Waals surface area contributed by atoms with Crippen LogP contribution in [0.25, 0.3) is 0 Å². The maximum atomic E-state index is 12.3. The fraction of sp³-hybridized carbons (Fsp3) is 0.529. The van der Waals surface area contributed by atoms with Gasteiger partial charge in [0.15, 0.2) is 9.84 Å². The fourth-order valence-electron chi connectivity index (χ4n) is 3.20. The number of nitrogens with zero attached hydrogens (tertiary/aromatic N) is 2. The van der Waals surface area contributed by atoms with Crippen LogP contribution in [0.5, 0.6) is 0 Å². The number of carbonyl (C=O) groups excluding carboxylic acids is 2. The van der Waals surface area contributed by atoms with Crippen molar-refractivity contribution in [3.63, 3.8) is 0 Å². The molecule has 0 aromatic heterocycles.